The Hall–Kier alpha value is -1.78. The number of hydrogen-bond donors (Lipinski definition) is 0. The van der Waals surface area contributed by atoms with Crippen molar-refractivity contribution >= 4 is 5.78 Å². The van der Waals surface area contributed by atoms with Gasteiger partial charge in [-0.2, -0.15) is 13.2 Å². The van der Waals surface area contributed by atoms with Crippen molar-refractivity contribution in [2.75, 3.05) is 7.11 Å². The van der Waals surface area contributed by atoms with Crippen LogP contribution in [-0.2, 0) is 17.4 Å². The molecule has 1 rings (SSSR count). The third-order valence-electron chi connectivity index (χ3n) is 3.11. The molecular weight excluding hydrogens is 269 g/mol. The lowest BCUT2D eigenvalue weighted by Gasteiger charge is -2.17. The first-order valence-electron chi connectivity index (χ1n) is 6.17. The third kappa shape index (κ3) is 3.85. The largest absolute Gasteiger partial charge is 0.496 e. The first-order chi connectivity index (χ1) is 9.31. The van der Waals surface area contributed by atoms with Crippen molar-refractivity contribution in [1.29, 1.82) is 0 Å². The number of methoxy groups -OCH3 is 1. The number of hydrogen-bond acceptors (Lipinski definition) is 2. The number of alkyl halides is 3. The van der Waals surface area contributed by atoms with Crippen LogP contribution in [0.4, 0.5) is 13.2 Å². The summed E-state index contributed by atoms with van der Waals surface area (Å²) in [6.45, 7) is 4.86. The molecule has 0 saturated carbocycles. The quantitative estimate of drug-likeness (QED) is 0.736. The van der Waals surface area contributed by atoms with Gasteiger partial charge in [-0.15, -0.1) is 6.58 Å². The monoisotopic (exact) mass is 286 g/mol. The predicted octanol–water partition coefficient (Wildman–Crippen LogP) is 4.10. The normalized spacial score (nSPS) is 11.2. The highest BCUT2D eigenvalue weighted by Crippen LogP contribution is 2.36. The van der Waals surface area contributed by atoms with E-state index in [1.54, 1.807) is 0 Å². The summed E-state index contributed by atoms with van der Waals surface area (Å²) in [4.78, 5) is 11.5. The standard InChI is InChI=1S/C15H17F3O2/c1-4-5-11(19)6-7-12-10(2)13(15(16,17)18)8-9-14(12)20-3/h4,8-9H,1,5-7H2,2-3H3. The third-order valence-corrected chi connectivity index (χ3v) is 3.11. The molecule has 1 aromatic rings. The topological polar surface area (TPSA) is 26.3 Å². The number of halogens is 3. The van der Waals surface area contributed by atoms with E-state index in [0.29, 0.717) is 11.3 Å². The van der Waals surface area contributed by atoms with Gasteiger partial charge in [0.05, 0.1) is 12.7 Å². The Morgan fingerprint density at radius 2 is 2.05 bits per heavy atom. The lowest BCUT2D eigenvalue weighted by molar-refractivity contribution is -0.138. The van der Waals surface area contributed by atoms with Crippen LogP contribution in [0.2, 0.25) is 0 Å². The number of ether oxygens (including phenoxy) is 1. The van der Waals surface area contributed by atoms with Crippen LogP contribution in [-0.4, -0.2) is 12.9 Å². The highest BCUT2D eigenvalue weighted by Gasteiger charge is 2.33. The Morgan fingerprint density at radius 1 is 1.40 bits per heavy atom. The van der Waals surface area contributed by atoms with Crippen molar-refractivity contribution in [3.05, 3.63) is 41.5 Å². The molecule has 0 fully saturated rings. The molecule has 2 nitrogen and oxygen atoms in total. The molecule has 0 aliphatic carbocycles. The minimum atomic E-state index is -4.41. The lowest BCUT2D eigenvalue weighted by atomic mass is 9.96. The summed E-state index contributed by atoms with van der Waals surface area (Å²) in [6.07, 6.45) is -2.30. The van der Waals surface area contributed by atoms with Crippen molar-refractivity contribution in [3.63, 3.8) is 0 Å². The number of carbonyl (C=O) groups excluding carboxylic acids is 1. The molecule has 110 valence electrons. The van der Waals surface area contributed by atoms with Crippen LogP contribution in [0.15, 0.2) is 24.8 Å². The van der Waals surface area contributed by atoms with Gasteiger partial charge in [0.25, 0.3) is 0 Å². The highest BCUT2D eigenvalue weighted by atomic mass is 19.4. The fourth-order valence-corrected chi connectivity index (χ4v) is 2.07. The molecule has 0 N–H and O–H groups in total. The molecule has 0 amide bonds. The molecular formula is C15H17F3O2. The molecule has 0 saturated heterocycles. The van der Waals surface area contributed by atoms with Crippen LogP contribution in [0, 0.1) is 6.92 Å². The Balaban J connectivity index is 3.09. The van der Waals surface area contributed by atoms with E-state index >= 15 is 0 Å². The van der Waals surface area contributed by atoms with Crippen molar-refractivity contribution in [1.82, 2.24) is 0 Å². The zero-order chi connectivity index (χ0) is 15.3. The molecule has 0 atom stereocenters. The van der Waals surface area contributed by atoms with E-state index in [1.165, 1.54) is 26.2 Å². The number of benzene rings is 1. The van der Waals surface area contributed by atoms with Gasteiger partial charge in [0.1, 0.15) is 11.5 Å². The fraction of sp³-hybridized carbons (Fsp3) is 0.400. The van der Waals surface area contributed by atoms with E-state index in [4.69, 9.17) is 4.74 Å². The summed E-state index contributed by atoms with van der Waals surface area (Å²) in [6, 6.07) is 2.30. The number of rotatable bonds is 6. The van der Waals surface area contributed by atoms with Gasteiger partial charge in [0.15, 0.2) is 0 Å². The fourth-order valence-electron chi connectivity index (χ4n) is 2.07. The van der Waals surface area contributed by atoms with Gasteiger partial charge >= 0.3 is 6.18 Å². The van der Waals surface area contributed by atoms with Crippen LogP contribution >= 0.6 is 0 Å². The van der Waals surface area contributed by atoms with E-state index in [-0.39, 0.29) is 30.6 Å². The van der Waals surface area contributed by atoms with Crippen molar-refractivity contribution in [2.45, 2.75) is 32.4 Å². The highest BCUT2D eigenvalue weighted by molar-refractivity contribution is 5.80. The Labute approximate surface area is 116 Å². The van der Waals surface area contributed by atoms with Crippen LogP contribution in [0.1, 0.15) is 29.5 Å². The second-order valence-electron chi connectivity index (χ2n) is 4.45. The summed E-state index contributed by atoms with van der Waals surface area (Å²) in [5.74, 6) is 0.320. The van der Waals surface area contributed by atoms with Gasteiger partial charge in [-0.25, -0.2) is 0 Å². The molecule has 0 bridgehead atoms. The van der Waals surface area contributed by atoms with Crippen molar-refractivity contribution < 1.29 is 22.7 Å². The maximum Gasteiger partial charge on any atom is 0.416 e. The van der Waals surface area contributed by atoms with Gasteiger partial charge in [-0.1, -0.05) is 6.08 Å². The van der Waals surface area contributed by atoms with E-state index in [0.717, 1.165) is 6.07 Å². The average Bonchev–Trinajstić information content (AvgIpc) is 2.35. The second-order valence-corrected chi connectivity index (χ2v) is 4.45. The van der Waals surface area contributed by atoms with Gasteiger partial charge in [0, 0.05) is 12.8 Å². The van der Waals surface area contributed by atoms with Crippen molar-refractivity contribution in [2.24, 2.45) is 0 Å². The van der Waals surface area contributed by atoms with E-state index < -0.39 is 11.7 Å². The van der Waals surface area contributed by atoms with Crippen molar-refractivity contribution in [3.8, 4) is 5.75 Å². The lowest BCUT2D eigenvalue weighted by Crippen LogP contribution is -2.11. The summed E-state index contributed by atoms with van der Waals surface area (Å²) >= 11 is 0. The van der Waals surface area contributed by atoms with Gasteiger partial charge in [0.2, 0.25) is 0 Å². The van der Waals surface area contributed by atoms with E-state index in [1.807, 2.05) is 0 Å². The Morgan fingerprint density at radius 3 is 2.55 bits per heavy atom. The zero-order valence-corrected chi connectivity index (χ0v) is 11.5. The maximum absolute atomic E-state index is 12.9. The minimum Gasteiger partial charge on any atom is -0.496 e. The van der Waals surface area contributed by atoms with Gasteiger partial charge < -0.3 is 4.74 Å². The van der Waals surface area contributed by atoms with Crippen LogP contribution in [0.25, 0.3) is 0 Å². The first-order valence-corrected chi connectivity index (χ1v) is 6.17. The predicted molar refractivity (Wildman–Crippen MR) is 70.9 cm³/mol. The second kappa shape index (κ2) is 6.59. The molecule has 0 heterocycles. The molecule has 5 heteroatoms. The summed E-state index contributed by atoms with van der Waals surface area (Å²) < 4.78 is 43.7. The molecule has 1 aromatic carbocycles. The number of ketones is 1. The Kier molecular flexibility index (Phi) is 5.36. The molecule has 0 unspecified atom stereocenters. The van der Waals surface area contributed by atoms with Crippen LogP contribution in [0.5, 0.6) is 5.75 Å². The number of allylic oxidation sites excluding steroid dienone is 1. The van der Waals surface area contributed by atoms with Crippen LogP contribution < -0.4 is 4.74 Å². The van der Waals surface area contributed by atoms with E-state index in [2.05, 4.69) is 6.58 Å². The minimum absolute atomic E-state index is 0.0566. The zero-order valence-electron chi connectivity index (χ0n) is 11.5. The maximum atomic E-state index is 12.9. The summed E-state index contributed by atoms with van der Waals surface area (Å²) in [7, 11) is 1.40. The molecule has 0 radical (unpaired) electrons. The van der Waals surface area contributed by atoms with Gasteiger partial charge in [-0.3, -0.25) is 4.79 Å². The Bertz CT molecular complexity index is 505. The number of Topliss-reactive ketones (excluding diaryl/α,β-unsaturated/α-hetero) is 1. The molecule has 0 aliphatic heterocycles. The number of carbonyl (C=O) groups is 1. The molecule has 0 spiro atoms. The SMILES string of the molecule is C=CCC(=O)CCc1c(OC)ccc(C(F)(F)F)c1C. The van der Waals surface area contributed by atoms with Crippen LogP contribution in [0.3, 0.4) is 0 Å². The van der Waals surface area contributed by atoms with Gasteiger partial charge in [-0.05, 0) is 36.6 Å². The average molecular weight is 286 g/mol. The van der Waals surface area contributed by atoms with E-state index in [9.17, 15) is 18.0 Å². The summed E-state index contributed by atoms with van der Waals surface area (Å²) in [5, 5.41) is 0. The molecule has 20 heavy (non-hydrogen) atoms. The molecule has 0 aromatic heterocycles. The molecule has 0 aliphatic rings. The summed E-state index contributed by atoms with van der Waals surface area (Å²) in [5.41, 5.74) is -0.146. The first kappa shape index (κ1) is 16.3. The smallest absolute Gasteiger partial charge is 0.416 e.